The predicted molar refractivity (Wildman–Crippen MR) is 83.5 cm³/mol. The van der Waals surface area contributed by atoms with E-state index in [1.807, 2.05) is 18.2 Å². The zero-order chi connectivity index (χ0) is 13.2. The Bertz CT molecular complexity index is 675. The number of benzene rings is 1. The van der Waals surface area contributed by atoms with Gasteiger partial charge in [-0.2, -0.15) is 0 Å². The minimum atomic E-state index is 0.628. The van der Waals surface area contributed by atoms with E-state index in [9.17, 15) is 0 Å². The predicted octanol–water partition coefficient (Wildman–Crippen LogP) is 3.63. The Morgan fingerprint density at radius 3 is 2.74 bits per heavy atom. The molecule has 0 amide bonds. The van der Waals surface area contributed by atoms with Gasteiger partial charge in [0.2, 0.25) is 0 Å². The molecule has 5 N–H and O–H groups in total. The van der Waals surface area contributed by atoms with Crippen LogP contribution in [0.25, 0.3) is 10.4 Å². The Hall–Kier alpha value is -2.20. The monoisotopic (exact) mass is 269 g/mol. The topological polar surface area (TPSA) is 64.1 Å². The van der Waals surface area contributed by atoms with E-state index in [2.05, 4.69) is 35.0 Å². The Morgan fingerprint density at radius 1 is 1.00 bits per heavy atom. The second kappa shape index (κ2) is 4.82. The quantitative estimate of drug-likeness (QED) is 0.636. The standard InChI is InChI=1S/C15H15N3S/c16-12-5-4-10(8-13(12)17)9-18-14-6-7-19-15-3-1-2-11(14)15/h1-8,18H,9,16-17H2. The van der Waals surface area contributed by atoms with E-state index >= 15 is 0 Å². The molecule has 0 spiro atoms. The van der Waals surface area contributed by atoms with Crippen LogP contribution >= 0.6 is 11.3 Å². The van der Waals surface area contributed by atoms with Crippen molar-refractivity contribution in [2.24, 2.45) is 0 Å². The molecule has 0 saturated heterocycles. The minimum absolute atomic E-state index is 0.628. The highest BCUT2D eigenvalue weighted by molar-refractivity contribution is 7.13. The molecular formula is C15H15N3S. The van der Waals surface area contributed by atoms with Gasteiger partial charge in [0.05, 0.1) is 11.4 Å². The van der Waals surface area contributed by atoms with Crippen molar-refractivity contribution in [2.45, 2.75) is 6.54 Å². The van der Waals surface area contributed by atoms with Gasteiger partial charge in [0.25, 0.3) is 0 Å². The minimum Gasteiger partial charge on any atom is -0.397 e. The number of hydrogen-bond acceptors (Lipinski definition) is 4. The molecule has 0 fully saturated rings. The molecule has 0 atom stereocenters. The third-order valence-electron chi connectivity index (χ3n) is 3.13. The highest BCUT2D eigenvalue weighted by Crippen LogP contribution is 2.34. The summed E-state index contributed by atoms with van der Waals surface area (Å²) in [5, 5.41) is 5.55. The summed E-state index contributed by atoms with van der Waals surface area (Å²) in [6.45, 7) is 0.736. The number of hydrogen-bond donors (Lipinski definition) is 3. The van der Waals surface area contributed by atoms with Gasteiger partial charge < -0.3 is 16.8 Å². The fourth-order valence-corrected chi connectivity index (χ4v) is 2.89. The Morgan fingerprint density at radius 2 is 1.89 bits per heavy atom. The number of nitrogens with one attached hydrogen (secondary N) is 1. The summed E-state index contributed by atoms with van der Waals surface area (Å²) in [7, 11) is 0. The lowest BCUT2D eigenvalue weighted by molar-refractivity contribution is 1.15. The van der Waals surface area contributed by atoms with Crippen molar-refractivity contribution in [3.05, 3.63) is 53.4 Å². The van der Waals surface area contributed by atoms with E-state index in [-0.39, 0.29) is 0 Å². The maximum atomic E-state index is 5.81. The summed E-state index contributed by atoms with van der Waals surface area (Å²) in [5.41, 5.74) is 16.3. The molecule has 0 bridgehead atoms. The normalized spacial score (nSPS) is 10.7. The summed E-state index contributed by atoms with van der Waals surface area (Å²) in [5.74, 6) is 0. The van der Waals surface area contributed by atoms with E-state index in [0.29, 0.717) is 11.4 Å². The van der Waals surface area contributed by atoms with Crippen LogP contribution in [-0.2, 0) is 6.54 Å². The molecule has 0 radical (unpaired) electrons. The molecule has 3 nitrogen and oxygen atoms in total. The fourth-order valence-electron chi connectivity index (χ4n) is 2.08. The molecule has 0 saturated carbocycles. The van der Waals surface area contributed by atoms with E-state index in [1.54, 1.807) is 11.3 Å². The van der Waals surface area contributed by atoms with Crippen LogP contribution in [-0.4, -0.2) is 0 Å². The van der Waals surface area contributed by atoms with Gasteiger partial charge in [-0.1, -0.05) is 18.2 Å². The first-order chi connectivity index (χ1) is 9.24. The molecule has 0 aromatic heterocycles. The molecule has 1 aliphatic carbocycles. The van der Waals surface area contributed by atoms with E-state index in [0.717, 1.165) is 17.8 Å². The first kappa shape index (κ1) is 11.9. The van der Waals surface area contributed by atoms with Crippen LogP contribution in [0.2, 0.25) is 0 Å². The van der Waals surface area contributed by atoms with Crippen LogP contribution < -0.4 is 16.8 Å². The summed E-state index contributed by atoms with van der Waals surface area (Å²) in [6, 6.07) is 14.2. The van der Waals surface area contributed by atoms with Crippen LogP contribution in [0.3, 0.4) is 0 Å². The Balaban J connectivity index is 1.79. The van der Waals surface area contributed by atoms with Gasteiger partial charge in [-0.15, -0.1) is 11.3 Å². The van der Waals surface area contributed by atoms with Crippen molar-refractivity contribution in [3.63, 3.8) is 0 Å². The van der Waals surface area contributed by atoms with Crippen molar-refractivity contribution >= 4 is 28.4 Å². The van der Waals surface area contributed by atoms with Crippen molar-refractivity contribution in [2.75, 3.05) is 16.8 Å². The molecule has 0 unspecified atom stereocenters. The number of rotatable bonds is 3. The first-order valence-electron chi connectivity index (χ1n) is 6.08. The average Bonchev–Trinajstić information content (AvgIpc) is 2.89. The summed E-state index contributed by atoms with van der Waals surface area (Å²) >= 11 is 1.75. The maximum Gasteiger partial charge on any atom is 0.0551 e. The van der Waals surface area contributed by atoms with Crippen LogP contribution in [0, 0.1) is 0 Å². The van der Waals surface area contributed by atoms with Crippen LogP contribution in [0.1, 0.15) is 5.56 Å². The van der Waals surface area contributed by atoms with Crippen LogP contribution in [0.15, 0.2) is 47.8 Å². The maximum absolute atomic E-state index is 5.81. The lowest BCUT2D eigenvalue weighted by Gasteiger charge is -2.11. The zero-order valence-corrected chi connectivity index (χ0v) is 11.2. The molecule has 2 aliphatic rings. The zero-order valence-electron chi connectivity index (χ0n) is 10.4. The highest BCUT2D eigenvalue weighted by atomic mass is 32.1. The summed E-state index contributed by atoms with van der Waals surface area (Å²) < 4.78 is 0. The van der Waals surface area contributed by atoms with Gasteiger partial charge in [0.15, 0.2) is 0 Å². The van der Waals surface area contributed by atoms with E-state index in [4.69, 9.17) is 11.5 Å². The SMILES string of the molecule is Nc1ccc(CNc2ccsc3cccc2-3)cc1N. The molecular weight excluding hydrogens is 254 g/mol. The smallest absolute Gasteiger partial charge is 0.0551 e. The fraction of sp³-hybridized carbons (Fsp3) is 0.0667. The van der Waals surface area contributed by atoms with Crippen molar-refractivity contribution in [1.29, 1.82) is 0 Å². The molecule has 1 aromatic rings. The average molecular weight is 269 g/mol. The van der Waals surface area contributed by atoms with Crippen molar-refractivity contribution in [3.8, 4) is 10.4 Å². The van der Waals surface area contributed by atoms with E-state index in [1.165, 1.54) is 10.4 Å². The highest BCUT2D eigenvalue weighted by Gasteiger charge is 2.07. The molecule has 3 rings (SSSR count). The largest absolute Gasteiger partial charge is 0.397 e. The van der Waals surface area contributed by atoms with Crippen molar-refractivity contribution in [1.82, 2.24) is 0 Å². The number of nitrogen functional groups attached to an aromatic ring is 2. The Kier molecular flexibility index (Phi) is 3.01. The summed E-state index contributed by atoms with van der Waals surface area (Å²) in [6.07, 6.45) is 0. The molecule has 96 valence electrons. The molecule has 4 heteroatoms. The van der Waals surface area contributed by atoms with E-state index < -0.39 is 0 Å². The summed E-state index contributed by atoms with van der Waals surface area (Å²) in [4.78, 5) is 1.29. The van der Waals surface area contributed by atoms with Gasteiger partial charge in [0, 0.05) is 22.7 Å². The van der Waals surface area contributed by atoms with Gasteiger partial charge in [-0.05, 0) is 35.2 Å². The third-order valence-corrected chi connectivity index (χ3v) is 4.01. The number of nitrogens with two attached hydrogens (primary N) is 2. The Labute approximate surface area is 116 Å². The lowest BCUT2D eigenvalue weighted by Crippen LogP contribution is -2.02. The lowest BCUT2D eigenvalue weighted by atomic mass is 10.1. The second-order valence-electron chi connectivity index (χ2n) is 4.45. The van der Waals surface area contributed by atoms with Gasteiger partial charge in [-0.3, -0.25) is 0 Å². The molecule has 1 heterocycles. The van der Waals surface area contributed by atoms with Gasteiger partial charge >= 0.3 is 0 Å². The number of anilines is 3. The second-order valence-corrected chi connectivity index (χ2v) is 5.40. The van der Waals surface area contributed by atoms with Crippen LogP contribution in [0.5, 0.6) is 0 Å². The number of fused-ring (bicyclic) bond motifs is 1. The van der Waals surface area contributed by atoms with Crippen molar-refractivity contribution < 1.29 is 0 Å². The van der Waals surface area contributed by atoms with Gasteiger partial charge in [0.1, 0.15) is 0 Å². The molecule has 19 heavy (non-hydrogen) atoms. The third kappa shape index (κ3) is 2.35. The molecule has 1 aromatic carbocycles. The van der Waals surface area contributed by atoms with Crippen LogP contribution in [0.4, 0.5) is 17.1 Å². The first-order valence-corrected chi connectivity index (χ1v) is 6.96. The molecule has 1 aliphatic heterocycles. The van der Waals surface area contributed by atoms with Gasteiger partial charge in [-0.25, -0.2) is 0 Å².